The van der Waals surface area contributed by atoms with Gasteiger partial charge in [-0.15, -0.1) is 0 Å². The summed E-state index contributed by atoms with van der Waals surface area (Å²) in [6.07, 6.45) is 2.37. The highest BCUT2D eigenvalue weighted by atomic mass is 15.3. The Morgan fingerprint density at radius 3 is 2.63 bits per heavy atom. The Kier molecular flexibility index (Phi) is 4.96. The third-order valence-corrected chi connectivity index (χ3v) is 3.49. The fourth-order valence-electron chi connectivity index (χ4n) is 2.23. The average Bonchev–Trinajstić information content (AvgIpc) is 2.39. The number of nitrogens with zero attached hydrogens (tertiary/aromatic N) is 4. The summed E-state index contributed by atoms with van der Waals surface area (Å²) in [6, 6.07) is 2.08. The van der Waals surface area contributed by atoms with Crippen molar-refractivity contribution in [1.82, 2.24) is 14.9 Å². The molecule has 0 atom stereocenters. The van der Waals surface area contributed by atoms with Crippen molar-refractivity contribution in [2.24, 2.45) is 0 Å². The zero-order valence-electron chi connectivity index (χ0n) is 12.3. The van der Waals surface area contributed by atoms with Crippen LogP contribution in [-0.4, -0.2) is 54.6 Å². The van der Waals surface area contributed by atoms with Crippen molar-refractivity contribution >= 4 is 11.6 Å². The number of likely N-dealkylation sites (N-methyl/N-ethyl adjacent to an activating group) is 1. The third-order valence-electron chi connectivity index (χ3n) is 3.49. The van der Waals surface area contributed by atoms with Crippen molar-refractivity contribution in [1.29, 1.82) is 0 Å². The molecule has 106 valence electrons. The topological polar surface area (TPSA) is 44.3 Å². The van der Waals surface area contributed by atoms with Gasteiger partial charge in [0.05, 0.1) is 0 Å². The van der Waals surface area contributed by atoms with E-state index in [-0.39, 0.29) is 0 Å². The minimum absolute atomic E-state index is 0.843. The second-order valence-corrected chi connectivity index (χ2v) is 5.23. The summed E-state index contributed by atoms with van der Waals surface area (Å²) in [5, 5.41) is 3.39. The lowest BCUT2D eigenvalue weighted by Gasteiger charge is -2.33. The fraction of sp³-hybridized carbons (Fsp3) is 0.714. The quantitative estimate of drug-likeness (QED) is 0.820. The SMILES string of the molecule is CCCCNc1cc(N2CCN(C)CC2)nc(C)n1. The number of nitrogens with one attached hydrogen (secondary N) is 1. The molecule has 0 unspecified atom stereocenters. The maximum atomic E-state index is 4.57. The van der Waals surface area contributed by atoms with Gasteiger partial charge in [0, 0.05) is 38.8 Å². The number of piperazine rings is 1. The molecule has 2 heterocycles. The van der Waals surface area contributed by atoms with Crippen LogP contribution in [0.1, 0.15) is 25.6 Å². The van der Waals surface area contributed by atoms with Gasteiger partial charge in [0.15, 0.2) is 0 Å². The predicted octanol–water partition coefficient (Wildman–Crippen LogP) is 1.75. The predicted molar refractivity (Wildman–Crippen MR) is 79.9 cm³/mol. The minimum Gasteiger partial charge on any atom is -0.370 e. The van der Waals surface area contributed by atoms with E-state index in [4.69, 9.17) is 0 Å². The monoisotopic (exact) mass is 263 g/mol. The standard InChI is InChI=1S/C14H25N5/c1-4-5-6-15-13-11-14(17-12(2)16-13)19-9-7-18(3)8-10-19/h11H,4-10H2,1-3H3,(H,15,16,17). The molecule has 0 aromatic carbocycles. The molecule has 0 aliphatic carbocycles. The van der Waals surface area contributed by atoms with Crippen LogP contribution in [0.2, 0.25) is 0 Å². The Labute approximate surface area is 116 Å². The maximum Gasteiger partial charge on any atom is 0.134 e. The number of unbranched alkanes of at least 4 members (excludes halogenated alkanes) is 1. The van der Waals surface area contributed by atoms with E-state index in [1.807, 2.05) is 6.92 Å². The molecule has 1 aliphatic heterocycles. The molecule has 1 fully saturated rings. The molecule has 1 aliphatic rings. The average molecular weight is 263 g/mol. The Morgan fingerprint density at radius 2 is 1.95 bits per heavy atom. The molecule has 1 N–H and O–H groups in total. The Bertz CT molecular complexity index is 399. The van der Waals surface area contributed by atoms with E-state index in [0.29, 0.717) is 0 Å². The molecule has 1 saturated heterocycles. The van der Waals surface area contributed by atoms with Gasteiger partial charge in [0.25, 0.3) is 0 Å². The molecular formula is C14H25N5. The Hall–Kier alpha value is -1.36. The van der Waals surface area contributed by atoms with Gasteiger partial charge in [0.1, 0.15) is 17.5 Å². The van der Waals surface area contributed by atoms with Gasteiger partial charge in [0.2, 0.25) is 0 Å². The van der Waals surface area contributed by atoms with Gasteiger partial charge >= 0.3 is 0 Å². The summed E-state index contributed by atoms with van der Waals surface area (Å²) in [7, 11) is 2.17. The van der Waals surface area contributed by atoms with E-state index in [2.05, 4.69) is 45.1 Å². The number of aryl methyl sites for hydroxylation is 1. The lowest BCUT2D eigenvalue weighted by molar-refractivity contribution is 0.312. The van der Waals surface area contributed by atoms with E-state index in [0.717, 1.165) is 50.2 Å². The summed E-state index contributed by atoms with van der Waals surface area (Å²) < 4.78 is 0. The van der Waals surface area contributed by atoms with Gasteiger partial charge in [-0.3, -0.25) is 0 Å². The van der Waals surface area contributed by atoms with Gasteiger partial charge < -0.3 is 15.1 Å². The summed E-state index contributed by atoms with van der Waals surface area (Å²) in [6.45, 7) is 9.42. The molecule has 0 saturated carbocycles. The van der Waals surface area contributed by atoms with E-state index in [9.17, 15) is 0 Å². The molecule has 0 amide bonds. The lowest BCUT2D eigenvalue weighted by atomic mass is 10.3. The zero-order valence-corrected chi connectivity index (χ0v) is 12.3. The minimum atomic E-state index is 0.843. The van der Waals surface area contributed by atoms with E-state index < -0.39 is 0 Å². The highest BCUT2D eigenvalue weighted by Gasteiger charge is 2.16. The second kappa shape index (κ2) is 6.70. The first-order valence-corrected chi connectivity index (χ1v) is 7.22. The van der Waals surface area contributed by atoms with Crippen molar-refractivity contribution in [2.45, 2.75) is 26.7 Å². The first-order chi connectivity index (χ1) is 9.19. The summed E-state index contributed by atoms with van der Waals surface area (Å²) in [5.74, 6) is 2.85. The third kappa shape index (κ3) is 4.06. The zero-order chi connectivity index (χ0) is 13.7. The second-order valence-electron chi connectivity index (χ2n) is 5.23. The molecule has 0 radical (unpaired) electrons. The molecule has 0 spiro atoms. The van der Waals surface area contributed by atoms with Crippen molar-refractivity contribution in [2.75, 3.05) is 50.0 Å². The van der Waals surface area contributed by atoms with Crippen molar-refractivity contribution in [3.8, 4) is 0 Å². The van der Waals surface area contributed by atoms with Gasteiger partial charge in [-0.1, -0.05) is 13.3 Å². The number of aromatic nitrogens is 2. The van der Waals surface area contributed by atoms with Crippen molar-refractivity contribution < 1.29 is 0 Å². The molecule has 2 rings (SSSR count). The lowest BCUT2D eigenvalue weighted by Crippen LogP contribution is -2.44. The molecule has 5 heteroatoms. The largest absolute Gasteiger partial charge is 0.370 e. The number of hydrogen-bond donors (Lipinski definition) is 1. The smallest absolute Gasteiger partial charge is 0.134 e. The summed E-state index contributed by atoms with van der Waals surface area (Å²) in [4.78, 5) is 13.7. The van der Waals surface area contributed by atoms with Crippen LogP contribution >= 0.6 is 0 Å². The Morgan fingerprint density at radius 1 is 1.21 bits per heavy atom. The van der Waals surface area contributed by atoms with Gasteiger partial charge in [-0.05, 0) is 20.4 Å². The number of hydrogen-bond acceptors (Lipinski definition) is 5. The molecule has 1 aromatic heterocycles. The molecular weight excluding hydrogens is 238 g/mol. The van der Waals surface area contributed by atoms with Crippen LogP contribution < -0.4 is 10.2 Å². The van der Waals surface area contributed by atoms with Crippen LogP contribution in [0.15, 0.2) is 6.07 Å². The number of rotatable bonds is 5. The molecule has 1 aromatic rings. The van der Waals surface area contributed by atoms with Gasteiger partial charge in [-0.25, -0.2) is 9.97 Å². The van der Waals surface area contributed by atoms with Gasteiger partial charge in [-0.2, -0.15) is 0 Å². The van der Waals surface area contributed by atoms with Crippen molar-refractivity contribution in [3.63, 3.8) is 0 Å². The summed E-state index contributed by atoms with van der Waals surface area (Å²) >= 11 is 0. The summed E-state index contributed by atoms with van der Waals surface area (Å²) in [5.41, 5.74) is 0. The molecule has 5 nitrogen and oxygen atoms in total. The van der Waals surface area contributed by atoms with Crippen LogP contribution in [0.4, 0.5) is 11.6 Å². The van der Waals surface area contributed by atoms with Crippen LogP contribution in [0.25, 0.3) is 0 Å². The fourth-order valence-corrected chi connectivity index (χ4v) is 2.23. The van der Waals surface area contributed by atoms with Crippen LogP contribution in [0.5, 0.6) is 0 Å². The normalized spacial score (nSPS) is 16.7. The highest BCUT2D eigenvalue weighted by Crippen LogP contribution is 2.17. The molecule has 0 bridgehead atoms. The van der Waals surface area contributed by atoms with Crippen LogP contribution in [0.3, 0.4) is 0 Å². The highest BCUT2D eigenvalue weighted by molar-refractivity contribution is 5.49. The van der Waals surface area contributed by atoms with Crippen LogP contribution in [-0.2, 0) is 0 Å². The van der Waals surface area contributed by atoms with E-state index in [1.165, 1.54) is 12.8 Å². The van der Waals surface area contributed by atoms with E-state index in [1.54, 1.807) is 0 Å². The number of anilines is 2. The molecule has 19 heavy (non-hydrogen) atoms. The van der Waals surface area contributed by atoms with Crippen LogP contribution in [0, 0.1) is 6.92 Å². The Balaban J connectivity index is 2.03. The maximum absolute atomic E-state index is 4.57. The first-order valence-electron chi connectivity index (χ1n) is 7.22. The van der Waals surface area contributed by atoms with Crippen molar-refractivity contribution in [3.05, 3.63) is 11.9 Å². The van der Waals surface area contributed by atoms with E-state index >= 15 is 0 Å². The first kappa shape index (κ1) is 14.1.